The first kappa shape index (κ1) is 12.6. The van der Waals surface area contributed by atoms with Crippen LogP contribution in [0.25, 0.3) is 10.9 Å². The predicted octanol–water partition coefficient (Wildman–Crippen LogP) is 3.06. The molecule has 18 heavy (non-hydrogen) atoms. The third-order valence-electron chi connectivity index (χ3n) is 3.22. The summed E-state index contributed by atoms with van der Waals surface area (Å²) >= 11 is 0. The molecule has 1 aromatic heterocycles. The van der Waals surface area contributed by atoms with E-state index in [9.17, 15) is 9.18 Å². The summed E-state index contributed by atoms with van der Waals surface area (Å²) in [4.78, 5) is 10.9. The number of carboxylic acids is 1. The van der Waals surface area contributed by atoms with Gasteiger partial charge in [-0.25, -0.2) is 4.39 Å². The Hall–Kier alpha value is -1.84. The Morgan fingerprint density at radius 3 is 2.83 bits per heavy atom. The molecule has 3 nitrogen and oxygen atoms in total. The van der Waals surface area contributed by atoms with E-state index in [1.807, 2.05) is 23.8 Å². The van der Waals surface area contributed by atoms with Gasteiger partial charge in [0.1, 0.15) is 5.82 Å². The maximum Gasteiger partial charge on any atom is 0.306 e. The number of aliphatic carboxylic acids is 1. The number of carboxylic acid groups (broad SMARTS) is 1. The molecule has 0 aliphatic heterocycles. The summed E-state index contributed by atoms with van der Waals surface area (Å²) in [6.45, 7) is 4.27. The van der Waals surface area contributed by atoms with Crippen LogP contribution < -0.4 is 0 Å². The molecule has 0 aliphatic rings. The molecule has 2 aromatic rings. The Morgan fingerprint density at radius 1 is 1.50 bits per heavy atom. The fourth-order valence-electron chi connectivity index (χ4n) is 2.22. The second kappa shape index (κ2) is 4.80. The van der Waals surface area contributed by atoms with E-state index in [0.717, 1.165) is 10.9 Å². The Balaban J connectivity index is 2.52. The first-order valence-electron chi connectivity index (χ1n) is 6.03. The van der Waals surface area contributed by atoms with Gasteiger partial charge >= 0.3 is 5.97 Å². The SMILES string of the molecule is CCn1cc(CC(C)C(=O)O)c2cccc(F)c21. The van der Waals surface area contributed by atoms with Gasteiger partial charge < -0.3 is 9.67 Å². The molecule has 0 aliphatic carbocycles. The maximum atomic E-state index is 13.8. The van der Waals surface area contributed by atoms with E-state index in [0.29, 0.717) is 18.5 Å². The fraction of sp³-hybridized carbons (Fsp3) is 0.357. The predicted molar refractivity (Wildman–Crippen MR) is 68.1 cm³/mol. The molecule has 2 rings (SSSR count). The summed E-state index contributed by atoms with van der Waals surface area (Å²) in [5, 5.41) is 9.76. The normalized spacial score (nSPS) is 12.8. The third-order valence-corrected chi connectivity index (χ3v) is 3.22. The smallest absolute Gasteiger partial charge is 0.306 e. The van der Waals surface area contributed by atoms with Gasteiger partial charge in [0.05, 0.1) is 11.4 Å². The quantitative estimate of drug-likeness (QED) is 0.904. The molecule has 1 aromatic carbocycles. The number of nitrogens with zero attached hydrogens (tertiary/aromatic N) is 1. The van der Waals surface area contributed by atoms with Gasteiger partial charge in [0.2, 0.25) is 0 Å². The highest BCUT2D eigenvalue weighted by Crippen LogP contribution is 2.26. The van der Waals surface area contributed by atoms with Crippen LogP contribution in [0.2, 0.25) is 0 Å². The standard InChI is InChI=1S/C14H16FNO2/c1-3-16-8-10(7-9(2)14(17)18)11-5-4-6-12(15)13(11)16/h4-6,8-9H,3,7H2,1-2H3,(H,17,18). The zero-order valence-electron chi connectivity index (χ0n) is 10.5. The number of aromatic nitrogens is 1. The van der Waals surface area contributed by atoms with E-state index < -0.39 is 11.9 Å². The molecule has 0 saturated carbocycles. The van der Waals surface area contributed by atoms with Crippen molar-refractivity contribution in [2.24, 2.45) is 5.92 Å². The van der Waals surface area contributed by atoms with Crippen LogP contribution in [0.15, 0.2) is 24.4 Å². The number of halogens is 1. The van der Waals surface area contributed by atoms with E-state index in [-0.39, 0.29) is 5.82 Å². The van der Waals surface area contributed by atoms with Gasteiger partial charge in [-0.3, -0.25) is 4.79 Å². The van der Waals surface area contributed by atoms with Crippen molar-refractivity contribution in [3.05, 3.63) is 35.8 Å². The van der Waals surface area contributed by atoms with Crippen LogP contribution in [-0.2, 0) is 17.8 Å². The molecular formula is C14H16FNO2. The lowest BCUT2D eigenvalue weighted by Crippen LogP contribution is -2.11. The lowest BCUT2D eigenvalue weighted by Gasteiger charge is -2.04. The highest BCUT2D eigenvalue weighted by atomic mass is 19.1. The van der Waals surface area contributed by atoms with Crippen molar-refractivity contribution in [2.75, 3.05) is 0 Å². The minimum atomic E-state index is -0.830. The number of benzene rings is 1. The lowest BCUT2D eigenvalue weighted by molar-refractivity contribution is -0.141. The van der Waals surface area contributed by atoms with Gasteiger partial charge in [-0.05, 0) is 25.0 Å². The maximum absolute atomic E-state index is 13.8. The Bertz CT molecular complexity index is 589. The molecular weight excluding hydrogens is 233 g/mol. The molecule has 96 valence electrons. The summed E-state index contributed by atoms with van der Waals surface area (Å²) in [5.74, 6) is -1.56. The second-order valence-electron chi connectivity index (χ2n) is 4.52. The van der Waals surface area contributed by atoms with Crippen molar-refractivity contribution in [3.63, 3.8) is 0 Å². The molecule has 4 heteroatoms. The van der Waals surface area contributed by atoms with Crippen LogP contribution in [-0.4, -0.2) is 15.6 Å². The van der Waals surface area contributed by atoms with Crippen molar-refractivity contribution in [3.8, 4) is 0 Å². The summed E-state index contributed by atoms with van der Waals surface area (Å²) in [6, 6.07) is 4.93. The molecule has 1 unspecified atom stereocenters. The first-order chi connectivity index (χ1) is 8.54. The number of rotatable bonds is 4. The van der Waals surface area contributed by atoms with Crippen molar-refractivity contribution >= 4 is 16.9 Å². The number of hydrogen-bond donors (Lipinski definition) is 1. The van der Waals surface area contributed by atoms with Gasteiger partial charge in [0.15, 0.2) is 0 Å². The number of hydrogen-bond acceptors (Lipinski definition) is 1. The number of fused-ring (bicyclic) bond motifs is 1. The molecule has 0 amide bonds. The third kappa shape index (κ3) is 2.10. The first-order valence-corrected chi connectivity index (χ1v) is 6.03. The minimum absolute atomic E-state index is 0.261. The van der Waals surface area contributed by atoms with Gasteiger partial charge in [-0.2, -0.15) is 0 Å². The molecule has 0 bridgehead atoms. The van der Waals surface area contributed by atoms with E-state index >= 15 is 0 Å². The average Bonchev–Trinajstić information content (AvgIpc) is 2.69. The number of aryl methyl sites for hydroxylation is 1. The zero-order valence-corrected chi connectivity index (χ0v) is 10.5. The van der Waals surface area contributed by atoms with Crippen LogP contribution in [0, 0.1) is 11.7 Å². The van der Waals surface area contributed by atoms with E-state index in [4.69, 9.17) is 5.11 Å². The van der Waals surface area contributed by atoms with Gasteiger partial charge in [-0.1, -0.05) is 19.1 Å². The lowest BCUT2D eigenvalue weighted by atomic mass is 10.0. The molecule has 1 atom stereocenters. The highest BCUT2D eigenvalue weighted by molar-refractivity contribution is 5.85. The second-order valence-corrected chi connectivity index (χ2v) is 4.52. The zero-order chi connectivity index (χ0) is 13.3. The van der Waals surface area contributed by atoms with Crippen molar-refractivity contribution < 1.29 is 14.3 Å². The van der Waals surface area contributed by atoms with Crippen LogP contribution in [0.3, 0.4) is 0 Å². The van der Waals surface area contributed by atoms with Gasteiger partial charge in [0, 0.05) is 18.1 Å². The molecule has 1 N–H and O–H groups in total. The molecule has 1 heterocycles. The summed E-state index contributed by atoms with van der Waals surface area (Å²) in [6.07, 6.45) is 2.27. The summed E-state index contributed by atoms with van der Waals surface area (Å²) in [7, 11) is 0. The summed E-state index contributed by atoms with van der Waals surface area (Å²) in [5.41, 5.74) is 1.45. The van der Waals surface area contributed by atoms with Gasteiger partial charge in [0.25, 0.3) is 0 Å². The van der Waals surface area contributed by atoms with Crippen molar-refractivity contribution in [1.29, 1.82) is 0 Å². The molecule has 0 radical (unpaired) electrons. The molecule has 0 spiro atoms. The monoisotopic (exact) mass is 249 g/mol. The Morgan fingerprint density at radius 2 is 2.22 bits per heavy atom. The largest absolute Gasteiger partial charge is 0.481 e. The van der Waals surface area contributed by atoms with Crippen molar-refractivity contribution in [2.45, 2.75) is 26.8 Å². The highest BCUT2D eigenvalue weighted by Gasteiger charge is 2.17. The summed E-state index contributed by atoms with van der Waals surface area (Å²) < 4.78 is 15.6. The van der Waals surface area contributed by atoms with Crippen LogP contribution in [0.4, 0.5) is 4.39 Å². The number of carbonyl (C=O) groups is 1. The molecule has 0 saturated heterocycles. The Labute approximate surface area is 105 Å². The molecule has 0 fully saturated rings. The fourth-order valence-corrected chi connectivity index (χ4v) is 2.22. The average molecular weight is 249 g/mol. The van der Waals surface area contributed by atoms with Crippen LogP contribution >= 0.6 is 0 Å². The van der Waals surface area contributed by atoms with E-state index in [2.05, 4.69) is 0 Å². The van der Waals surface area contributed by atoms with Gasteiger partial charge in [-0.15, -0.1) is 0 Å². The Kier molecular flexibility index (Phi) is 3.36. The number of para-hydroxylation sites is 1. The minimum Gasteiger partial charge on any atom is -0.481 e. The van der Waals surface area contributed by atoms with Crippen LogP contribution in [0.5, 0.6) is 0 Å². The van der Waals surface area contributed by atoms with Crippen molar-refractivity contribution in [1.82, 2.24) is 4.57 Å². The van der Waals surface area contributed by atoms with E-state index in [1.165, 1.54) is 6.07 Å². The topological polar surface area (TPSA) is 42.2 Å². The van der Waals surface area contributed by atoms with E-state index in [1.54, 1.807) is 13.0 Å². The van der Waals surface area contributed by atoms with Crippen LogP contribution in [0.1, 0.15) is 19.4 Å².